The Bertz CT molecular complexity index is 1330. The number of primary amides is 1. The van der Waals surface area contributed by atoms with Gasteiger partial charge in [0, 0.05) is 24.2 Å². The first-order valence-corrected chi connectivity index (χ1v) is 14.4. The number of nitrogens with two attached hydrogens (primary N) is 1. The predicted octanol–water partition coefficient (Wildman–Crippen LogP) is 3.21. The second kappa shape index (κ2) is 10.7. The summed E-state index contributed by atoms with van der Waals surface area (Å²) in [5, 5.41) is 13.4. The van der Waals surface area contributed by atoms with Crippen LogP contribution in [0.1, 0.15) is 82.4 Å². The molecule has 4 fully saturated rings. The molecule has 2 saturated heterocycles. The van der Waals surface area contributed by atoms with Crippen LogP contribution >= 0.6 is 0 Å². The summed E-state index contributed by atoms with van der Waals surface area (Å²) in [5.74, 6) is -0.533. The molecule has 3 heterocycles. The van der Waals surface area contributed by atoms with E-state index in [0.29, 0.717) is 29.2 Å². The fraction of sp³-hybridized carbons (Fsp3) is 0.621. The van der Waals surface area contributed by atoms with Gasteiger partial charge in [-0.25, -0.2) is 9.78 Å². The number of para-hydroxylation sites is 2. The third kappa shape index (κ3) is 5.06. The Morgan fingerprint density at radius 1 is 0.949 bits per heavy atom. The molecule has 2 aliphatic heterocycles. The van der Waals surface area contributed by atoms with Crippen LogP contribution in [0, 0.1) is 11.8 Å². The molecule has 6 rings (SSSR count). The van der Waals surface area contributed by atoms with Crippen LogP contribution in [0.5, 0.6) is 0 Å². The van der Waals surface area contributed by atoms with Crippen LogP contribution in [0.2, 0.25) is 0 Å². The van der Waals surface area contributed by atoms with Gasteiger partial charge in [0.25, 0.3) is 11.5 Å². The number of benzene rings is 1. The second-order valence-corrected chi connectivity index (χ2v) is 11.9. The van der Waals surface area contributed by atoms with Gasteiger partial charge in [-0.1, -0.05) is 43.0 Å². The highest BCUT2D eigenvalue weighted by molar-refractivity contribution is 6.41. The van der Waals surface area contributed by atoms with Crippen molar-refractivity contribution in [2.75, 3.05) is 6.61 Å². The van der Waals surface area contributed by atoms with Crippen LogP contribution < -0.4 is 11.3 Å². The van der Waals surface area contributed by atoms with Gasteiger partial charge in [-0.05, 0) is 68.9 Å². The predicted molar refractivity (Wildman–Crippen MR) is 145 cm³/mol. The van der Waals surface area contributed by atoms with Crippen LogP contribution in [0.4, 0.5) is 0 Å². The lowest BCUT2D eigenvalue weighted by Crippen LogP contribution is -2.58. The number of oxime groups is 1. The molecular weight excluding hydrogens is 498 g/mol. The minimum absolute atomic E-state index is 0.0691. The number of fused-ring (bicyclic) bond motifs is 5. The Morgan fingerprint density at radius 2 is 1.62 bits per heavy atom. The third-order valence-corrected chi connectivity index (χ3v) is 9.48. The van der Waals surface area contributed by atoms with Crippen LogP contribution in [0.25, 0.3) is 11.0 Å². The summed E-state index contributed by atoms with van der Waals surface area (Å²) in [7, 11) is 0. The number of nitrogens with zero attached hydrogens (tertiary/aromatic N) is 4. The van der Waals surface area contributed by atoms with Crippen molar-refractivity contribution >= 4 is 28.6 Å². The van der Waals surface area contributed by atoms with Crippen molar-refractivity contribution in [1.29, 1.82) is 0 Å². The van der Waals surface area contributed by atoms with E-state index in [9.17, 15) is 19.5 Å². The van der Waals surface area contributed by atoms with Crippen molar-refractivity contribution in [2.24, 2.45) is 22.7 Å². The van der Waals surface area contributed by atoms with Crippen molar-refractivity contribution in [2.45, 2.75) is 94.8 Å². The fourth-order valence-electron chi connectivity index (χ4n) is 8.15. The zero-order chi connectivity index (χ0) is 27.1. The number of aromatic nitrogens is 2. The van der Waals surface area contributed by atoms with E-state index in [0.717, 1.165) is 37.5 Å². The monoisotopic (exact) mass is 535 g/mol. The average molecular weight is 536 g/mol. The highest BCUT2D eigenvalue weighted by atomic mass is 16.6. The van der Waals surface area contributed by atoms with Crippen LogP contribution in [-0.4, -0.2) is 61.9 Å². The summed E-state index contributed by atoms with van der Waals surface area (Å²) in [4.78, 5) is 49.2. The summed E-state index contributed by atoms with van der Waals surface area (Å²) in [6, 6.07) is 8.74. The molecule has 1 amide bonds. The largest absolute Gasteiger partial charge is 0.476 e. The number of carbonyl (C=O) groups is 2. The molecule has 4 bridgehead atoms. The minimum Gasteiger partial charge on any atom is -0.476 e. The van der Waals surface area contributed by atoms with E-state index in [-0.39, 0.29) is 11.7 Å². The van der Waals surface area contributed by atoms with Crippen molar-refractivity contribution < 1.29 is 19.5 Å². The Balaban J connectivity index is 1.35. The molecule has 2 saturated carbocycles. The van der Waals surface area contributed by atoms with Crippen LogP contribution in [-0.2, 0) is 14.4 Å². The second-order valence-electron chi connectivity index (χ2n) is 11.9. The van der Waals surface area contributed by atoms with Gasteiger partial charge in [-0.15, -0.1) is 0 Å². The first-order valence-electron chi connectivity index (χ1n) is 14.4. The van der Waals surface area contributed by atoms with Gasteiger partial charge < -0.3 is 20.2 Å². The molecule has 1 aromatic heterocycles. The third-order valence-electron chi connectivity index (χ3n) is 9.48. The molecule has 2 aromatic rings. The SMILES string of the molecule is NC(=O)CON=C(C(=O)O)c1nc2ccccc2n(C2CC3CCCC(C2)N3C2CC3CCCC(C3)C2)c1=O. The average Bonchev–Trinajstić information content (AvgIpc) is 2.90. The summed E-state index contributed by atoms with van der Waals surface area (Å²) < 4.78 is 1.75. The summed E-state index contributed by atoms with van der Waals surface area (Å²) >= 11 is 0. The van der Waals surface area contributed by atoms with Crippen molar-refractivity contribution in [3.63, 3.8) is 0 Å². The molecule has 4 unspecified atom stereocenters. The Labute approximate surface area is 227 Å². The number of hydrogen-bond acceptors (Lipinski definition) is 7. The van der Waals surface area contributed by atoms with Gasteiger partial charge in [0.2, 0.25) is 5.71 Å². The smallest absolute Gasteiger partial charge is 0.360 e. The molecule has 10 nitrogen and oxygen atoms in total. The number of rotatable bonds is 7. The van der Waals surface area contributed by atoms with E-state index in [1.165, 1.54) is 44.9 Å². The molecule has 1 aromatic carbocycles. The number of aliphatic carboxylic acids is 1. The zero-order valence-corrected chi connectivity index (χ0v) is 22.2. The van der Waals surface area contributed by atoms with Gasteiger partial charge in [-0.3, -0.25) is 14.5 Å². The van der Waals surface area contributed by atoms with Gasteiger partial charge in [0.1, 0.15) is 0 Å². The number of carbonyl (C=O) groups excluding carboxylic acids is 1. The molecule has 0 spiro atoms. The highest BCUT2D eigenvalue weighted by Gasteiger charge is 2.45. The topological polar surface area (TPSA) is 140 Å². The van der Waals surface area contributed by atoms with Gasteiger partial charge in [0.15, 0.2) is 12.3 Å². The van der Waals surface area contributed by atoms with Crippen molar-refractivity contribution in [3.05, 3.63) is 40.3 Å². The molecular formula is C29H37N5O5. The number of hydrogen-bond donors (Lipinski definition) is 2. The van der Waals surface area contributed by atoms with E-state index >= 15 is 0 Å². The first-order chi connectivity index (χ1) is 18.9. The summed E-state index contributed by atoms with van der Waals surface area (Å²) in [6.45, 7) is -0.594. The normalized spacial score (nSPS) is 31.1. The maximum Gasteiger partial charge on any atom is 0.360 e. The van der Waals surface area contributed by atoms with Crippen molar-refractivity contribution in [1.82, 2.24) is 14.5 Å². The lowest BCUT2D eigenvalue weighted by atomic mass is 9.68. The summed E-state index contributed by atoms with van der Waals surface area (Å²) in [5.41, 5.74) is 4.87. The van der Waals surface area contributed by atoms with Crippen LogP contribution in [0.15, 0.2) is 34.2 Å². The first kappa shape index (κ1) is 26.0. The molecule has 4 atom stereocenters. The van der Waals surface area contributed by atoms with E-state index < -0.39 is 29.8 Å². The van der Waals surface area contributed by atoms with Gasteiger partial charge >= 0.3 is 5.97 Å². The van der Waals surface area contributed by atoms with Gasteiger partial charge in [0.05, 0.1) is 11.0 Å². The summed E-state index contributed by atoms with van der Waals surface area (Å²) in [6.07, 6.45) is 13.3. The lowest BCUT2D eigenvalue weighted by Gasteiger charge is -2.55. The highest BCUT2D eigenvalue weighted by Crippen LogP contribution is 2.47. The van der Waals surface area contributed by atoms with Gasteiger partial charge in [-0.2, -0.15) is 0 Å². The zero-order valence-electron chi connectivity index (χ0n) is 22.2. The maximum absolute atomic E-state index is 14.0. The fourth-order valence-corrected chi connectivity index (χ4v) is 8.15. The van der Waals surface area contributed by atoms with E-state index in [4.69, 9.17) is 10.6 Å². The minimum atomic E-state index is -1.46. The Morgan fingerprint density at radius 3 is 2.28 bits per heavy atom. The standard InChI is InChI=1S/C29H37N5O5/c30-25(35)16-39-32-27(29(37)38)26-28(36)34(24-10-2-1-9-23(24)31-26)22-14-19-7-4-8-20(15-22)33(19)21-12-17-5-3-6-18(11-17)13-21/h1-2,9-10,17-22H,3-8,11-16H2,(H2,30,35)(H,37,38). The number of carboxylic acids is 1. The molecule has 4 aliphatic rings. The van der Waals surface area contributed by atoms with E-state index in [1.807, 2.05) is 18.2 Å². The molecule has 208 valence electrons. The van der Waals surface area contributed by atoms with Crippen LogP contribution in [0.3, 0.4) is 0 Å². The molecule has 2 aliphatic carbocycles. The Hall–Kier alpha value is -3.27. The molecule has 3 N–H and O–H groups in total. The quantitative estimate of drug-likeness (QED) is 0.410. The maximum atomic E-state index is 14.0. The van der Waals surface area contributed by atoms with E-state index in [1.54, 1.807) is 10.6 Å². The van der Waals surface area contributed by atoms with Crippen molar-refractivity contribution in [3.8, 4) is 0 Å². The lowest BCUT2D eigenvalue weighted by molar-refractivity contribution is -0.130. The molecule has 0 radical (unpaired) electrons. The van der Waals surface area contributed by atoms with E-state index in [2.05, 4.69) is 15.0 Å². The molecule has 10 heteroatoms. The molecule has 39 heavy (non-hydrogen) atoms. The number of carboxylic acid groups (broad SMARTS) is 1. The number of amides is 1. The Kier molecular flexibility index (Phi) is 7.14. The number of piperidine rings is 2.